The Hall–Kier alpha value is -6.74. The van der Waals surface area contributed by atoms with Crippen LogP contribution in [0.1, 0.15) is 436 Å². The molecule has 0 saturated heterocycles. The topological polar surface area (TPSA) is 124 Å². The fraction of sp³-hybridized carbons (Fsp3) is 0.587. The van der Waals surface area contributed by atoms with Gasteiger partial charge in [-0.05, 0) is 180 Å². The van der Waals surface area contributed by atoms with Crippen molar-refractivity contribution >= 4 is 38.9 Å². The molecule has 9 heteroatoms. The van der Waals surface area contributed by atoms with Crippen molar-refractivity contribution in [2.24, 2.45) is 4.99 Å². The van der Waals surface area contributed by atoms with E-state index in [0.717, 1.165) is 23.1 Å². The van der Waals surface area contributed by atoms with Gasteiger partial charge in [0, 0.05) is 46.2 Å². The third-order valence-electron chi connectivity index (χ3n) is 15.8. The third kappa shape index (κ3) is 33.1. The Bertz CT molecular complexity index is 3230. The first-order valence-electron chi connectivity index (χ1n) is 37.6. The maximum atomic E-state index is 4.40. The van der Waals surface area contributed by atoms with Crippen molar-refractivity contribution < 1.29 is 0 Å². The van der Waals surface area contributed by atoms with E-state index in [9.17, 15) is 0 Å². The van der Waals surface area contributed by atoms with Gasteiger partial charge in [0.25, 0.3) is 0 Å². The Labute approximate surface area is 626 Å². The second kappa shape index (κ2) is 57.7. The largest absolute Gasteiger partial charge is 0.288 e. The van der Waals surface area contributed by atoms with Gasteiger partial charge in [0.2, 0.25) is 0 Å². The molecule has 10 rings (SSSR count). The second-order valence-electron chi connectivity index (χ2n) is 26.7. The van der Waals surface area contributed by atoms with E-state index in [1.54, 1.807) is 0 Å². The molecule has 576 valence electrons. The third-order valence-corrected chi connectivity index (χ3v) is 15.8. The van der Waals surface area contributed by atoms with Crippen LogP contribution in [-0.2, 0) is 6.54 Å². The van der Waals surface area contributed by atoms with Crippen LogP contribution >= 0.6 is 0 Å². The summed E-state index contributed by atoms with van der Waals surface area (Å²) in [6.07, 6.45) is 11.5. The average molecular weight is 1400 g/mol. The first kappa shape index (κ1) is 108. The van der Waals surface area contributed by atoms with Crippen molar-refractivity contribution in [3.05, 3.63) is 182 Å². The molecule has 101 heavy (non-hydrogen) atoms. The molecule has 3 N–H and O–H groups in total. The van der Waals surface area contributed by atoms with Gasteiger partial charge >= 0.3 is 0 Å². The van der Waals surface area contributed by atoms with E-state index in [2.05, 4.69) is 272 Å². The number of aliphatic imine (C=N–C) groups is 1. The first-order chi connectivity index (χ1) is 45.7. The van der Waals surface area contributed by atoms with E-state index >= 15 is 0 Å². The summed E-state index contributed by atoms with van der Waals surface area (Å²) >= 11 is 0. The highest BCUT2D eigenvalue weighted by Crippen LogP contribution is 2.35. The zero-order valence-corrected chi connectivity index (χ0v) is 68.2. The molecule has 5 aromatic heterocycles. The molecule has 0 aliphatic carbocycles. The number of fused-ring (bicyclic) bond motifs is 4. The lowest BCUT2D eigenvalue weighted by Gasteiger charge is -2.17. The van der Waals surface area contributed by atoms with Crippen molar-refractivity contribution in [2.45, 2.75) is 364 Å². The lowest BCUT2D eigenvalue weighted by Crippen LogP contribution is -2.01. The summed E-state index contributed by atoms with van der Waals surface area (Å²) in [7, 11) is 0. The maximum absolute atomic E-state index is 4.40. The number of H-pyrrole nitrogens is 3. The van der Waals surface area contributed by atoms with Gasteiger partial charge in [-0.15, -0.1) is 0 Å². The van der Waals surface area contributed by atoms with Gasteiger partial charge in [-0.25, -0.2) is 0 Å². The van der Waals surface area contributed by atoms with E-state index in [1.165, 1.54) is 94.3 Å². The highest BCUT2D eigenvalue weighted by molar-refractivity contribution is 5.86. The molecule has 6 heterocycles. The predicted molar refractivity (Wildman–Crippen MR) is 465 cm³/mol. The van der Waals surface area contributed by atoms with Gasteiger partial charge in [-0.3, -0.25) is 30.3 Å². The highest BCUT2D eigenvalue weighted by atomic mass is 15.1. The predicted octanol–water partition coefficient (Wildman–Crippen LogP) is 31.3. The zero-order chi connectivity index (χ0) is 74.3. The lowest BCUT2D eigenvalue weighted by atomic mass is 9.87. The highest BCUT2D eigenvalue weighted by Gasteiger charge is 2.19. The Balaban J connectivity index is -0.000000202. The molecule has 0 spiro atoms. The number of nitrogens with zero attached hydrogens (tertiary/aromatic N) is 6. The fourth-order valence-electron chi connectivity index (χ4n) is 11.4. The quantitative estimate of drug-likeness (QED) is 0.112. The Morgan fingerprint density at radius 3 is 0.921 bits per heavy atom. The van der Waals surface area contributed by atoms with E-state index in [1.807, 2.05) is 132 Å². The van der Waals surface area contributed by atoms with Crippen molar-refractivity contribution in [1.29, 1.82) is 0 Å². The molecule has 4 aromatic carbocycles. The molecule has 0 amide bonds. The summed E-state index contributed by atoms with van der Waals surface area (Å²) in [6, 6.07) is 26.3. The summed E-state index contributed by atoms with van der Waals surface area (Å²) in [4.78, 5) is 13.1. The molecule has 0 unspecified atom stereocenters. The molecule has 9 aromatic rings. The van der Waals surface area contributed by atoms with Crippen molar-refractivity contribution in [3.8, 4) is 0 Å². The zero-order valence-electron chi connectivity index (χ0n) is 68.2. The molecular weight excluding hydrogens is 1230 g/mol. The molecule has 0 atom stereocenters. The van der Waals surface area contributed by atoms with E-state index in [0.29, 0.717) is 71.0 Å². The molecule has 9 nitrogen and oxygen atoms in total. The van der Waals surface area contributed by atoms with Gasteiger partial charge in [0.05, 0.1) is 41.7 Å². The van der Waals surface area contributed by atoms with Gasteiger partial charge in [-0.1, -0.05) is 317 Å². The van der Waals surface area contributed by atoms with Gasteiger partial charge in [-0.2, -0.15) is 15.3 Å². The van der Waals surface area contributed by atoms with Crippen LogP contribution in [-0.4, -0.2) is 46.8 Å². The number of pyridine rings is 2. The Morgan fingerprint density at radius 2 is 0.604 bits per heavy atom. The average Bonchev–Trinajstić information content (AvgIpc) is 1.74. The lowest BCUT2D eigenvalue weighted by molar-refractivity contribution is 0.757. The van der Waals surface area contributed by atoms with Crippen LogP contribution in [0, 0.1) is 0 Å². The number of nitrogens with one attached hydrogen (secondary N) is 3. The molecule has 0 saturated carbocycles. The second-order valence-corrected chi connectivity index (χ2v) is 26.7. The standard InChI is InChI=1S/C14H19N.3C13H18N2.2C11H17N.6C2H6.5CH4/c1-9(2)13-5-11-7-15-8-12(11)6-14(13)10(3)4;1-8(2)11-5-10-7-14-15-13(10)6-12(11)9(3)4;2*1-8(2)10-5-6-12-11(7-14-15-12)13(10)9(3)4;2*1-8(2)10-6-5-7-12-11(10)9(3)4;6*1-2;;;;;/h5-7,9-10H,8H2,1-4H3;3*5-9H,1-4H3,(H,14,15);2*5-9H,1-4H3;6*1-2H3;5*1H4. The van der Waals surface area contributed by atoms with Crippen LogP contribution in [0.5, 0.6) is 0 Å². The minimum Gasteiger partial charge on any atom is -0.288 e. The van der Waals surface area contributed by atoms with E-state index in [-0.39, 0.29) is 37.1 Å². The summed E-state index contributed by atoms with van der Waals surface area (Å²) < 4.78 is 0. The van der Waals surface area contributed by atoms with Crippen LogP contribution in [0.2, 0.25) is 0 Å². The molecule has 1 aliphatic heterocycles. The summed E-state index contributed by atoms with van der Waals surface area (Å²) in [5.74, 6) is 6.79. The Kier molecular flexibility index (Phi) is 61.5. The van der Waals surface area contributed by atoms with Crippen LogP contribution in [0.25, 0.3) is 32.7 Å². The first-order valence-corrected chi connectivity index (χ1v) is 37.6. The molecule has 0 fully saturated rings. The minimum absolute atomic E-state index is 0. The van der Waals surface area contributed by atoms with Gasteiger partial charge < -0.3 is 0 Å². The van der Waals surface area contributed by atoms with Gasteiger partial charge in [0.15, 0.2) is 0 Å². The van der Waals surface area contributed by atoms with E-state index < -0.39 is 0 Å². The number of rotatable bonds is 12. The van der Waals surface area contributed by atoms with Crippen LogP contribution < -0.4 is 0 Å². The van der Waals surface area contributed by atoms with Crippen LogP contribution in [0.15, 0.2) is 109 Å². The van der Waals surface area contributed by atoms with Crippen molar-refractivity contribution in [3.63, 3.8) is 0 Å². The summed E-state index contributed by atoms with van der Waals surface area (Å²) in [5.41, 5.74) is 23.0. The number of hydrogen-bond acceptors (Lipinski definition) is 6. The smallest absolute Gasteiger partial charge is 0.0653 e. The SMILES string of the molecule is C.C.C.C.C.CC.CC.CC.CC.CC.CC.CC(C)c1cc2c(cc1C(C)C)CN=C2.CC(C)c1cc2cn[nH]c2cc1C(C)C.CC(C)c1ccc2[nH]ncc2c1C(C)C.CC(C)c1ccc2[nH]ncc2c1C(C)C.CC(C)c1cccnc1C(C)C.CC(C)c1cccnc1C(C)C. The van der Waals surface area contributed by atoms with Crippen molar-refractivity contribution in [2.75, 3.05) is 0 Å². The number of hydrogen-bond donors (Lipinski definition) is 3. The number of aromatic amines is 3. The van der Waals surface area contributed by atoms with Crippen LogP contribution in [0.3, 0.4) is 0 Å². The monoisotopic (exact) mass is 1390 g/mol. The van der Waals surface area contributed by atoms with E-state index in [4.69, 9.17) is 0 Å². The van der Waals surface area contributed by atoms with Crippen LogP contribution in [0.4, 0.5) is 0 Å². The summed E-state index contributed by atoms with van der Waals surface area (Å²) in [5, 5.41) is 25.2. The minimum atomic E-state index is 0. The summed E-state index contributed by atoms with van der Waals surface area (Å²) in [6.45, 7) is 78.4. The number of aromatic nitrogens is 8. The molecule has 1 aliphatic rings. The fourth-order valence-corrected chi connectivity index (χ4v) is 11.4. The normalized spacial score (nSPS) is 10.4. The molecular formula is C92H163N9. The maximum Gasteiger partial charge on any atom is 0.0653 e. The van der Waals surface area contributed by atoms with Crippen molar-refractivity contribution in [1.82, 2.24) is 40.6 Å². The Morgan fingerprint density at radius 1 is 0.297 bits per heavy atom. The molecule has 0 bridgehead atoms. The van der Waals surface area contributed by atoms with Gasteiger partial charge in [0.1, 0.15) is 0 Å². The molecule has 0 radical (unpaired) electrons. The number of benzene rings is 4.